The molecule has 0 saturated heterocycles. The lowest BCUT2D eigenvalue weighted by atomic mass is 9.95. The second-order valence-corrected chi connectivity index (χ2v) is 7.21. The molecule has 0 aliphatic heterocycles. The van der Waals surface area contributed by atoms with Crippen LogP contribution < -0.4 is 0 Å². The number of benzene rings is 3. The normalized spacial score (nSPS) is 9.10. The molecule has 3 aromatic carbocycles. The van der Waals surface area contributed by atoms with E-state index >= 15 is 0 Å². The highest BCUT2D eigenvalue weighted by Crippen LogP contribution is 2.27. The van der Waals surface area contributed by atoms with E-state index in [0.717, 1.165) is 0 Å². The average molecular weight is 389 g/mol. The zero-order valence-corrected chi connectivity index (χ0v) is 18.9. The van der Waals surface area contributed by atoms with Crippen molar-refractivity contribution >= 4 is 6.08 Å². The maximum atomic E-state index is 2.26. The summed E-state index contributed by atoms with van der Waals surface area (Å²) in [5.41, 5.74) is 10.7. The summed E-state index contributed by atoms with van der Waals surface area (Å²) in [6.07, 6.45) is 2.20. The van der Waals surface area contributed by atoms with E-state index < -0.39 is 0 Å². The Bertz CT molecular complexity index is 893. The third-order valence-electron chi connectivity index (χ3n) is 4.46. The van der Waals surface area contributed by atoms with Crippen molar-refractivity contribution in [2.24, 2.45) is 0 Å². The maximum Gasteiger partial charge on any atom is -0.0149 e. The van der Waals surface area contributed by atoms with Gasteiger partial charge in [0.05, 0.1) is 0 Å². The molecule has 0 spiro atoms. The fourth-order valence-electron chi connectivity index (χ4n) is 2.96. The third kappa shape index (κ3) is 8.52. The number of allylic oxidation sites excluding steroid dienone is 1. The Morgan fingerprint density at radius 2 is 1.14 bits per heavy atom. The van der Waals surface area contributed by atoms with E-state index in [-0.39, 0.29) is 7.43 Å². The standard InChI is InChI=1S/C15H16.C11H14.C2H6.CH4/c1-11-8-9-13(3)15(10-11)14-7-5-4-6-12(14)2;1-9(2)8-11-7-5-4-6-10(11)3;1-2;/h4-10H,1-3H3;4-8H,1-3H3;1-2H3;1H4. The van der Waals surface area contributed by atoms with Crippen molar-refractivity contribution in [3.05, 3.63) is 100 Å². The summed E-state index contributed by atoms with van der Waals surface area (Å²) >= 11 is 0. The monoisotopic (exact) mass is 388 g/mol. The van der Waals surface area contributed by atoms with Gasteiger partial charge in [-0.2, -0.15) is 0 Å². The van der Waals surface area contributed by atoms with Gasteiger partial charge in [-0.25, -0.2) is 0 Å². The zero-order chi connectivity index (χ0) is 21.1. The van der Waals surface area contributed by atoms with Crippen LogP contribution in [0.3, 0.4) is 0 Å². The smallest absolute Gasteiger partial charge is 0.0149 e. The summed E-state index contributed by atoms with van der Waals surface area (Å²) < 4.78 is 0. The largest absolute Gasteiger partial charge is 0.0776 e. The molecule has 0 unspecified atom stereocenters. The Labute approximate surface area is 180 Å². The van der Waals surface area contributed by atoms with E-state index in [4.69, 9.17) is 0 Å². The Balaban J connectivity index is 0.000000501. The van der Waals surface area contributed by atoms with Gasteiger partial charge in [0.2, 0.25) is 0 Å². The molecule has 0 nitrogen and oxygen atoms in total. The van der Waals surface area contributed by atoms with Crippen LogP contribution >= 0.6 is 0 Å². The predicted octanol–water partition coefficient (Wildman–Crippen LogP) is 9.36. The van der Waals surface area contributed by atoms with Gasteiger partial charge < -0.3 is 0 Å². The Kier molecular flexibility index (Phi) is 12.3. The van der Waals surface area contributed by atoms with Gasteiger partial charge in [-0.15, -0.1) is 0 Å². The predicted molar refractivity (Wildman–Crippen MR) is 135 cm³/mol. The van der Waals surface area contributed by atoms with Crippen LogP contribution in [0.25, 0.3) is 17.2 Å². The summed E-state index contributed by atoms with van der Waals surface area (Å²) in [6.45, 7) is 16.8. The molecule has 0 aliphatic carbocycles. The highest BCUT2D eigenvalue weighted by atomic mass is 14.1. The first-order chi connectivity index (χ1) is 13.4. The van der Waals surface area contributed by atoms with Crippen molar-refractivity contribution in [3.8, 4) is 11.1 Å². The molecule has 0 aromatic heterocycles. The van der Waals surface area contributed by atoms with Crippen LogP contribution in [0.1, 0.15) is 62.9 Å². The van der Waals surface area contributed by atoms with Gasteiger partial charge in [-0.1, -0.05) is 105 Å². The fraction of sp³-hybridized carbons (Fsp3) is 0.310. The minimum atomic E-state index is 0. The molecular weight excluding hydrogens is 348 g/mol. The number of hydrogen-bond donors (Lipinski definition) is 0. The van der Waals surface area contributed by atoms with Crippen LogP contribution in [0.4, 0.5) is 0 Å². The molecule has 0 fully saturated rings. The summed E-state index contributed by atoms with van der Waals surface area (Å²) in [6, 6.07) is 23.6. The highest BCUT2D eigenvalue weighted by Gasteiger charge is 2.04. The minimum absolute atomic E-state index is 0. The molecule has 0 aliphatic rings. The summed E-state index contributed by atoms with van der Waals surface area (Å²) in [4.78, 5) is 0. The van der Waals surface area contributed by atoms with Crippen LogP contribution in [0.5, 0.6) is 0 Å². The molecule has 3 rings (SSSR count). The van der Waals surface area contributed by atoms with E-state index in [0.29, 0.717) is 0 Å². The topological polar surface area (TPSA) is 0 Å². The Morgan fingerprint density at radius 1 is 0.621 bits per heavy atom. The van der Waals surface area contributed by atoms with Gasteiger partial charge in [0, 0.05) is 0 Å². The SMILES string of the molecule is C.CC.CC(C)=Cc1ccccc1C.Cc1ccc(C)c(-c2ccccc2C)c1. The second kappa shape index (κ2) is 13.6. The van der Waals surface area contributed by atoms with E-state index in [1.165, 1.54) is 44.5 Å². The van der Waals surface area contributed by atoms with E-state index in [1.807, 2.05) is 13.8 Å². The summed E-state index contributed by atoms with van der Waals surface area (Å²) in [5.74, 6) is 0. The molecule has 0 bridgehead atoms. The van der Waals surface area contributed by atoms with Crippen molar-refractivity contribution < 1.29 is 0 Å². The van der Waals surface area contributed by atoms with Crippen molar-refractivity contribution in [1.82, 2.24) is 0 Å². The minimum Gasteiger partial charge on any atom is -0.0776 e. The Hall–Kier alpha value is -2.60. The van der Waals surface area contributed by atoms with Crippen molar-refractivity contribution in [3.63, 3.8) is 0 Å². The maximum absolute atomic E-state index is 2.26. The second-order valence-electron chi connectivity index (χ2n) is 7.21. The number of hydrogen-bond acceptors (Lipinski definition) is 0. The highest BCUT2D eigenvalue weighted by molar-refractivity contribution is 5.70. The lowest BCUT2D eigenvalue weighted by Crippen LogP contribution is -1.87. The molecule has 0 heterocycles. The lowest BCUT2D eigenvalue weighted by Gasteiger charge is -2.09. The zero-order valence-electron chi connectivity index (χ0n) is 18.9. The van der Waals surface area contributed by atoms with E-state index in [1.54, 1.807) is 0 Å². The first-order valence-electron chi connectivity index (χ1n) is 10.2. The first kappa shape index (κ1) is 26.4. The first-order valence-corrected chi connectivity index (χ1v) is 10.2. The van der Waals surface area contributed by atoms with Crippen LogP contribution in [0.15, 0.2) is 72.3 Å². The summed E-state index contributed by atoms with van der Waals surface area (Å²) in [7, 11) is 0. The van der Waals surface area contributed by atoms with E-state index in [9.17, 15) is 0 Å². The third-order valence-corrected chi connectivity index (χ3v) is 4.46. The van der Waals surface area contributed by atoms with Gasteiger partial charge in [0.1, 0.15) is 0 Å². The van der Waals surface area contributed by atoms with E-state index in [2.05, 4.69) is 114 Å². The molecule has 0 heteroatoms. The quantitative estimate of drug-likeness (QED) is 0.410. The van der Waals surface area contributed by atoms with Crippen LogP contribution in [-0.4, -0.2) is 0 Å². The van der Waals surface area contributed by atoms with Crippen molar-refractivity contribution in [2.75, 3.05) is 0 Å². The van der Waals surface area contributed by atoms with Crippen LogP contribution in [0.2, 0.25) is 0 Å². The van der Waals surface area contributed by atoms with Gasteiger partial charge in [0.15, 0.2) is 0 Å². The number of aryl methyl sites for hydroxylation is 4. The van der Waals surface area contributed by atoms with Gasteiger partial charge in [-0.05, 0) is 74.9 Å². The van der Waals surface area contributed by atoms with Crippen LogP contribution in [-0.2, 0) is 0 Å². The van der Waals surface area contributed by atoms with Gasteiger partial charge in [0.25, 0.3) is 0 Å². The lowest BCUT2D eigenvalue weighted by molar-refractivity contribution is 1.37. The van der Waals surface area contributed by atoms with Crippen molar-refractivity contribution in [1.29, 1.82) is 0 Å². The fourth-order valence-corrected chi connectivity index (χ4v) is 2.96. The summed E-state index contributed by atoms with van der Waals surface area (Å²) in [5, 5.41) is 0. The number of rotatable bonds is 2. The van der Waals surface area contributed by atoms with Gasteiger partial charge in [-0.3, -0.25) is 0 Å². The average Bonchev–Trinajstić information content (AvgIpc) is 2.68. The molecule has 0 saturated carbocycles. The molecular formula is C29H40. The molecule has 3 aromatic rings. The molecule has 0 atom stereocenters. The van der Waals surface area contributed by atoms with Crippen molar-refractivity contribution in [2.45, 2.75) is 62.8 Å². The molecule has 0 N–H and O–H groups in total. The molecule has 0 radical (unpaired) electrons. The van der Waals surface area contributed by atoms with Crippen LogP contribution in [0, 0.1) is 27.7 Å². The molecule has 156 valence electrons. The Morgan fingerprint density at radius 3 is 1.69 bits per heavy atom. The molecule has 0 amide bonds. The molecule has 29 heavy (non-hydrogen) atoms. The van der Waals surface area contributed by atoms with Gasteiger partial charge >= 0.3 is 0 Å².